The van der Waals surface area contributed by atoms with Crippen LogP contribution in [0.4, 0.5) is 5.69 Å². The van der Waals surface area contributed by atoms with Crippen molar-refractivity contribution < 1.29 is 9.53 Å². The van der Waals surface area contributed by atoms with E-state index < -0.39 is 0 Å². The predicted octanol–water partition coefficient (Wildman–Crippen LogP) is 3.54. The van der Waals surface area contributed by atoms with Crippen molar-refractivity contribution in [2.75, 3.05) is 32.6 Å². The zero-order valence-electron chi connectivity index (χ0n) is 16.9. The first-order valence-electron chi connectivity index (χ1n) is 9.66. The molecule has 2 aromatic carbocycles. The number of benzene rings is 2. The van der Waals surface area contributed by atoms with Crippen LogP contribution in [0.1, 0.15) is 29.9 Å². The quantitative estimate of drug-likeness (QED) is 0.232. The van der Waals surface area contributed by atoms with Crippen LogP contribution in [0, 0.1) is 0 Å². The molecule has 1 heterocycles. The molecule has 0 saturated carbocycles. The SMILES string of the molecule is CN=C(NCCCc1ccc(OC)cc1)NCC1CC(=O)Nc2ccccc21.I. The van der Waals surface area contributed by atoms with E-state index in [0.717, 1.165) is 36.8 Å². The van der Waals surface area contributed by atoms with Gasteiger partial charge in [-0.3, -0.25) is 9.79 Å². The Morgan fingerprint density at radius 2 is 1.93 bits per heavy atom. The average molecular weight is 508 g/mol. The third kappa shape index (κ3) is 6.62. The number of halogens is 1. The minimum absolute atomic E-state index is 0. The predicted molar refractivity (Wildman–Crippen MR) is 129 cm³/mol. The molecule has 3 N–H and O–H groups in total. The number of rotatable bonds is 7. The topological polar surface area (TPSA) is 74.8 Å². The molecule has 0 aromatic heterocycles. The van der Waals surface area contributed by atoms with Gasteiger partial charge < -0.3 is 20.7 Å². The average Bonchev–Trinajstić information content (AvgIpc) is 2.73. The molecule has 2 aromatic rings. The number of anilines is 1. The van der Waals surface area contributed by atoms with Gasteiger partial charge in [-0.25, -0.2) is 0 Å². The first kappa shape index (κ1) is 23.0. The van der Waals surface area contributed by atoms with Crippen LogP contribution < -0.4 is 20.7 Å². The summed E-state index contributed by atoms with van der Waals surface area (Å²) in [6.45, 7) is 1.50. The standard InChI is InChI=1S/C22H28N4O2.HI/c1-23-22(24-13-5-6-16-9-11-18(28-2)12-10-16)25-15-17-14-21(27)26-20-8-4-3-7-19(17)20;/h3-4,7-12,17H,5-6,13-15H2,1-2H3,(H,26,27)(H2,23,24,25);1H. The Bertz CT molecular complexity index is 824. The molecule has 1 aliphatic rings. The Hall–Kier alpha value is -2.29. The monoisotopic (exact) mass is 508 g/mol. The summed E-state index contributed by atoms with van der Waals surface area (Å²) < 4.78 is 5.18. The van der Waals surface area contributed by atoms with Gasteiger partial charge in [0.05, 0.1) is 7.11 Å². The molecule has 29 heavy (non-hydrogen) atoms. The van der Waals surface area contributed by atoms with Gasteiger partial charge >= 0.3 is 0 Å². The number of para-hydroxylation sites is 1. The maximum Gasteiger partial charge on any atom is 0.225 e. The van der Waals surface area contributed by atoms with Crippen molar-refractivity contribution in [1.82, 2.24) is 10.6 Å². The number of aliphatic imine (C=N–C) groups is 1. The Labute approximate surface area is 189 Å². The highest BCUT2D eigenvalue weighted by Crippen LogP contribution is 2.31. The van der Waals surface area contributed by atoms with Gasteiger partial charge in [-0.15, -0.1) is 24.0 Å². The zero-order valence-corrected chi connectivity index (χ0v) is 19.2. The number of aryl methyl sites for hydroxylation is 1. The molecule has 1 unspecified atom stereocenters. The lowest BCUT2D eigenvalue weighted by Gasteiger charge is -2.26. The molecule has 0 spiro atoms. The van der Waals surface area contributed by atoms with Crippen LogP contribution in [0.15, 0.2) is 53.5 Å². The van der Waals surface area contributed by atoms with E-state index in [1.807, 2.05) is 30.3 Å². The summed E-state index contributed by atoms with van der Waals surface area (Å²) in [5.74, 6) is 1.85. The number of fused-ring (bicyclic) bond motifs is 1. The number of ether oxygens (including phenoxy) is 1. The highest BCUT2D eigenvalue weighted by atomic mass is 127. The van der Waals surface area contributed by atoms with Crippen LogP contribution in [0.3, 0.4) is 0 Å². The largest absolute Gasteiger partial charge is 0.497 e. The number of guanidine groups is 1. The Morgan fingerprint density at radius 3 is 2.66 bits per heavy atom. The van der Waals surface area contributed by atoms with E-state index in [-0.39, 0.29) is 35.8 Å². The molecule has 7 heteroatoms. The number of carbonyl (C=O) groups excluding carboxylic acids is 1. The lowest BCUT2D eigenvalue weighted by Crippen LogP contribution is -2.41. The summed E-state index contributed by atoms with van der Waals surface area (Å²) in [7, 11) is 3.44. The Balaban J connectivity index is 0.00000300. The van der Waals surface area contributed by atoms with Crippen LogP contribution >= 0.6 is 24.0 Å². The van der Waals surface area contributed by atoms with E-state index in [0.29, 0.717) is 13.0 Å². The van der Waals surface area contributed by atoms with Crippen LogP contribution in [-0.2, 0) is 11.2 Å². The van der Waals surface area contributed by atoms with E-state index >= 15 is 0 Å². The van der Waals surface area contributed by atoms with Gasteiger partial charge in [0.25, 0.3) is 0 Å². The molecule has 1 atom stereocenters. The summed E-state index contributed by atoms with van der Waals surface area (Å²) in [5.41, 5.74) is 3.37. The van der Waals surface area contributed by atoms with Crippen molar-refractivity contribution in [1.29, 1.82) is 0 Å². The van der Waals surface area contributed by atoms with E-state index in [1.165, 1.54) is 11.1 Å². The van der Waals surface area contributed by atoms with E-state index in [4.69, 9.17) is 4.74 Å². The van der Waals surface area contributed by atoms with Crippen molar-refractivity contribution in [3.63, 3.8) is 0 Å². The van der Waals surface area contributed by atoms with Crippen LogP contribution in [0.2, 0.25) is 0 Å². The summed E-state index contributed by atoms with van der Waals surface area (Å²) in [4.78, 5) is 16.2. The van der Waals surface area contributed by atoms with E-state index in [1.54, 1.807) is 14.2 Å². The summed E-state index contributed by atoms with van der Waals surface area (Å²) in [5, 5.41) is 9.64. The van der Waals surface area contributed by atoms with Crippen molar-refractivity contribution in [2.24, 2.45) is 4.99 Å². The molecule has 0 bridgehead atoms. The number of methoxy groups -OCH3 is 1. The van der Waals surface area contributed by atoms with Gasteiger partial charge in [0, 0.05) is 38.2 Å². The third-order valence-electron chi connectivity index (χ3n) is 4.94. The lowest BCUT2D eigenvalue weighted by atomic mass is 9.90. The molecular formula is C22H29IN4O2. The molecule has 0 fully saturated rings. The summed E-state index contributed by atoms with van der Waals surface area (Å²) in [6, 6.07) is 16.1. The van der Waals surface area contributed by atoms with Gasteiger partial charge in [-0.1, -0.05) is 30.3 Å². The first-order chi connectivity index (χ1) is 13.7. The summed E-state index contributed by atoms with van der Waals surface area (Å²) >= 11 is 0. The third-order valence-corrected chi connectivity index (χ3v) is 4.94. The lowest BCUT2D eigenvalue weighted by molar-refractivity contribution is -0.116. The number of amides is 1. The molecule has 1 aliphatic heterocycles. The van der Waals surface area contributed by atoms with Crippen molar-refractivity contribution in [3.05, 3.63) is 59.7 Å². The van der Waals surface area contributed by atoms with Gasteiger partial charge in [-0.2, -0.15) is 0 Å². The molecule has 3 rings (SSSR count). The highest BCUT2D eigenvalue weighted by molar-refractivity contribution is 14.0. The van der Waals surface area contributed by atoms with Crippen LogP contribution in [0.25, 0.3) is 0 Å². The second-order valence-corrected chi connectivity index (χ2v) is 6.87. The molecular weight excluding hydrogens is 479 g/mol. The fourth-order valence-corrected chi connectivity index (χ4v) is 3.42. The Morgan fingerprint density at radius 1 is 1.17 bits per heavy atom. The fraction of sp³-hybridized carbons (Fsp3) is 0.364. The molecule has 1 amide bonds. The Kier molecular flexibility index (Phi) is 9.24. The molecule has 6 nitrogen and oxygen atoms in total. The van der Waals surface area contributed by atoms with Gasteiger partial charge in [0.1, 0.15) is 5.75 Å². The minimum Gasteiger partial charge on any atom is -0.497 e. The number of hydrogen-bond acceptors (Lipinski definition) is 3. The van der Waals surface area contributed by atoms with Gasteiger partial charge in [0.2, 0.25) is 5.91 Å². The normalized spacial score (nSPS) is 15.6. The summed E-state index contributed by atoms with van der Waals surface area (Å²) in [6.07, 6.45) is 2.48. The first-order valence-corrected chi connectivity index (χ1v) is 9.66. The zero-order chi connectivity index (χ0) is 19.8. The van der Waals surface area contributed by atoms with Gasteiger partial charge in [-0.05, 0) is 42.2 Å². The fourth-order valence-electron chi connectivity index (χ4n) is 3.42. The van der Waals surface area contributed by atoms with E-state index in [2.05, 4.69) is 39.1 Å². The smallest absolute Gasteiger partial charge is 0.225 e. The van der Waals surface area contributed by atoms with Crippen molar-refractivity contribution in [2.45, 2.75) is 25.2 Å². The van der Waals surface area contributed by atoms with Crippen LogP contribution in [0.5, 0.6) is 5.75 Å². The molecule has 156 valence electrons. The van der Waals surface area contributed by atoms with Gasteiger partial charge in [0.15, 0.2) is 5.96 Å². The number of carbonyl (C=O) groups is 1. The number of hydrogen-bond donors (Lipinski definition) is 3. The number of nitrogens with one attached hydrogen (secondary N) is 3. The van der Waals surface area contributed by atoms with Crippen molar-refractivity contribution >= 4 is 41.5 Å². The maximum absolute atomic E-state index is 11.9. The molecule has 0 saturated heterocycles. The highest BCUT2D eigenvalue weighted by Gasteiger charge is 2.24. The van der Waals surface area contributed by atoms with Crippen LogP contribution in [-0.4, -0.2) is 39.1 Å². The molecule has 0 radical (unpaired) electrons. The maximum atomic E-state index is 11.9. The minimum atomic E-state index is 0. The second kappa shape index (κ2) is 11.6. The van der Waals surface area contributed by atoms with E-state index in [9.17, 15) is 4.79 Å². The second-order valence-electron chi connectivity index (χ2n) is 6.87. The number of nitrogens with zero attached hydrogens (tertiary/aromatic N) is 1. The van der Waals surface area contributed by atoms with Crippen molar-refractivity contribution in [3.8, 4) is 5.75 Å². The molecule has 0 aliphatic carbocycles.